The minimum absolute atomic E-state index is 0.142. The Balaban J connectivity index is 1.08. The van der Waals surface area contributed by atoms with Gasteiger partial charge in [0, 0.05) is 31.0 Å². The van der Waals surface area contributed by atoms with Crippen LogP contribution in [0.25, 0.3) is 11.1 Å². The summed E-state index contributed by atoms with van der Waals surface area (Å²) in [6, 6.07) is 29.2. The highest BCUT2D eigenvalue weighted by Crippen LogP contribution is 2.22. The Morgan fingerprint density at radius 1 is 0.821 bits per heavy atom. The number of hydroxylamine groups is 1. The third-order valence-corrected chi connectivity index (χ3v) is 7.13. The summed E-state index contributed by atoms with van der Waals surface area (Å²) >= 11 is 0. The first-order valence-electron chi connectivity index (χ1n) is 13.4. The lowest BCUT2D eigenvalue weighted by Gasteiger charge is -2.32. The predicted molar refractivity (Wildman–Crippen MR) is 152 cm³/mol. The van der Waals surface area contributed by atoms with Gasteiger partial charge in [0.2, 0.25) is 0 Å². The van der Waals surface area contributed by atoms with Crippen LogP contribution in [0.3, 0.4) is 0 Å². The smallest absolute Gasteiger partial charge is 0.325 e. The second-order valence-electron chi connectivity index (χ2n) is 9.98. The monoisotopic (exact) mass is 522 g/mol. The number of aromatic nitrogens is 1. The van der Waals surface area contributed by atoms with Crippen LogP contribution < -0.4 is 10.8 Å². The Morgan fingerprint density at radius 3 is 2.28 bits per heavy atom. The standard InChI is InChI=1S/C32H34N4O3/c37-31(34-39-24-27-10-5-2-6-11-27)29-13-7-12-28(20-29)30-16-19-36(23-30)32(38)33-21-25-14-17-35(18-15-25)22-26-8-3-1-4-9-26/h1-13,16,19-20,23,25H,14-15,17-18,21-22,24H2,(H,33,38)(H,34,37). The van der Waals surface area contributed by atoms with Crippen molar-refractivity contribution in [3.63, 3.8) is 0 Å². The van der Waals surface area contributed by atoms with Gasteiger partial charge in [-0.2, -0.15) is 0 Å². The van der Waals surface area contributed by atoms with E-state index in [2.05, 4.69) is 40.0 Å². The van der Waals surface area contributed by atoms with E-state index in [1.165, 1.54) is 5.56 Å². The average Bonchev–Trinajstić information content (AvgIpc) is 3.49. The van der Waals surface area contributed by atoms with Crippen LogP contribution in [0.5, 0.6) is 0 Å². The molecule has 2 amide bonds. The molecule has 7 heteroatoms. The second-order valence-corrected chi connectivity index (χ2v) is 9.98. The maximum absolute atomic E-state index is 12.8. The van der Waals surface area contributed by atoms with Crippen molar-refractivity contribution in [2.24, 2.45) is 5.92 Å². The normalized spacial score (nSPS) is 14.2. The van der Waals surface area contributed by atoms with Crippen LogP contribution in [0.1, 0.15) is 34.3 Å². The van der Waals surface area contributed by atoms with Crippen molar-refractivity contribution in [3.05, 3.63) is 120 Å². The summed E-state index contributed by atoms with van der Waals surface area (Å²) in [6.45, 7) is 4.03. The molecule has 2 N–H and O–H groups in total. The minimum atomic E-state index is -0.320. The van der Waals surface area contributed by atoms with Crippen LogP contribution in [0.15, 0.2) is 103 Å². The summed E-state index contributed by atoms with van der Waals surface area (Å²) in [5.74, 6) is 0.162. The average molecular weight is 523 g/mol. The molecule has 0 saturated carbocycles. The highest BCUT2D eigenvalue weighted by atomic mass is 16.6. The third kappa shape index (κ3) is 7.44. The Bertz CT molecular complexity index is 1360. The Labute approximate surface area is 229 Å². The molecule has 0 bridgehead atoms. The number of carbonyl (C=O) groups is 2. The van der Waals surface area contributed by atoms with Gasteiger partial charge < -0.3 is 5.32 Å². The quantitative estimate of drug-likeness (QED) is 0.285. The largest absolute Gasteiger partial charge is 0.337 e. The van der Waals surface area contributed by atoms with Crippen LogP contribution in [-0.2, 0) is 18.0 Å². The molecule has 1 fully saturated rings. The SMILES string of the molecule is O=C(NOCc1ccccc1)c1cccc(-c2ccn(C(=O)NCC3CCN(Cc4ccccc4)CC3)c2)c1. The molecule has 2 heterocycles. The van der Waals surface area contributed by atoms with Crippen molar-refractivity contribution in [2.45, 2.75) is 26.0 Å². The van der Waals surface area contributed by atoms with E-state index in [9.17, 15) is 9.59 Å². The van der Waals surface area contributed by atoms with Crippen LogP contribution in [-0.4, -0.2) is 41.0 Å². The van der Waals surface area contributed by atoms with Gasteiger partial charge in [-0.25, -0.2) is 10.3 Å². The molecule has 4 aromatic rings. The van der Waals surface area contributed by atoms with Crippen molar-refractivity contribution in [1.82, 2.24) is 20.3 Å². The van der Waals surface area contributed by atoms with E-state index >= 15 is 0 Å². The predicted octanol–water partition coefficient (Wildman–Crippen LogP) is 5.49. The van der Waals surface area contributed by atoms with Gasteiger partial charge in [0.15, 0.2) is 0 Å². The second kappa shape index (κ2) is 13.0. The fourth-order valence-corrected chi connectivity index (χ4v) is 4.86. The molecule has 0 radical (unpaired) electrons. The van der Waals surface area contributed by atoms with Gasteiger partial charge >= 0.3 is 6.03 Å². The van der Waals surface area contributed by atoms with Gasteiger partial charge in [0.1, 0.15) is 0 Å². The highest BCUT2D eigenvalue weighted by Gasteiger charge is 2.20. The number of rotatable bonds is 9. The third-order valence-electron chi connectivity index (χ3n) is 7.13. The molecule has 5 rings (SSSR count). The summed E-state index contributed by atoms with van der Waals surface area (Å²) < 4.78 is 1.57. The molecule has 0 spiro atoms. The molecule has 1 aliphatic heterocycles. The highest BCUT2D eigenvalue weighted by molar-refractivity contribution is 5.94. The van der Waals surface area contributed by atoms with E-state index in [1.807, 2.05) is 54.6 Å². The molecular formula is C32H34N4O3. The molecule has 7 nitrogen and oxygen atoms in total. The van der Waals surface area contributed by atoms with Crippen LogP contribution in [0.4, 0.5) is 4.79 Å². The maximum atomic E-state index is 12.8. The summed E-state index contributed by atoms with van der Waals surface area (Å²) in [5.41, 5.74) is 7.01. The van der Waals surface area contributed by atoms with Crippen molar-refractivity contribution in [2.75, 3.05) is 19.6 Å². The number of nitrogens with one attached hydrogen (secondary N) is 2. The fourth-order valence-electron chi connectivity index (χ4n) is 4.86. The zero-order valence-corrected chi connectivity index (χ0v) is 22.0. The first-order chi connectivity index (χ1) is 19.1. The molecule has 1 saturated heterocycles. The first kappa shape index (κ1) is 26.4. The first-order valence-corrected chi connectivity index (χ1v) is 13.4. The van der Waals surface area contributed by atoms with Crippen LogP contribution in [0, 0.1) is 5.92 Å². The van der Waals surface area contributed by atoms with Crippen molar-refractivity contribution < 1.29 is 14.4 Å². The van der Waals surface area contributed by atoms with E-state index in [4.69, 9.17) is 4.84 Å². The molecule has 3 aromatic carbocycles. The van der Waals surface area contributed by atoms with E-state index < -0.39 is 0 Å². The summed E-state index contributed by atoms with van der Waals surface area (Å²) in [5, 5.41) is 3.09. The zero-order valence-electron chi connectivity index (χ0n) is 22.0. The number of amides is 2. The fraction of sp³-hybridized carbons (Fsp3) is 0.250. The van der Waals surface area contributed by atoms with Crippen molar-refractivity contribution >= 4 is 11.9 Å². The van der Waals surface area contributed by atoms with Gasteiger partial charge in [0.25, 0.3) is 5.91 Å². The lowest BCUT2D eigenvalue weighted by molar-refractivity contribution is 0.0233. The van der Waals surface area contributed by atoms with Gasteiger partial charge in [-0.3, -0.25) is 19.1 Å². The van der Waals surface area contributed by atoms with E-state index in [1.54, 1.807) is 29.1 Å². The number of nitrogens with zero attached hydrogens (tertiary/aromatic N) is 2. The molecule has 39 heavy (non-hydrogen) atoms. The lowest BCUT2D eigenvalue weighted by atomic mass is 9.96. The van der Waals surface area contributed by atoms with Crippen LogP contribution in [0.2, 0.25) is 0 Å². The number of piperidine rings is 1. The molecule has 200 valence electrons. The number of carbonyl (C=O) groups excluding carboxylic acids is 2. The van der Waals surface area contributed by atoms with Gasteiger partial charge in [-0.1, -0.05) is 72.8 Å². The van der Waals surface area contributed by atoms with E-state index in [0.717, 1.165) is 49.2 Å². The lowest BCUT2D eigenvalue weighted by Crippen LogP contribution is -2.39. The summed E-state index contributed by atoms with van der Waals surface area (Å²) in [4.78, 5) is 33.2. The molecule has 0 aliphatic carbocycles. The van der Waals surface area contributed by atoms with E-state index in [0.29, 0.717) is 18.0 Å². The summed E-state index contributed by atoms with van der Waals surface area (Å²) in [6.07, 6.45) is 5.70. The molecule has 0 atom stereocenters. The van der Waals surface area contributed by atoms with Crippen molar-refractivity contribution in [3.8, 4) is 11.1 Å². The van der Waals surface area contributed by atoms with Crippen molar-refractivity contribution in [1.29, 1.82) is 0 Å². The van der Waals surface area contributed by atoms with Gasteiger partial charge in [-0.15, -0.1) is 0 Å². The Hall–Kier alpha value is -4.20. The molecular weight excluding hydrogens is 488 g/mol. The number of hydrogen-bond acceptors (Lipinski definition) is 4. The topological polar surface area (TPSA) is 75.6 Å². The number of likely N-dealkylation sites (tertiary alicyclic amines) is 1. The Kier molecular flexibility index (Phi) is 8.83. The zero-order chi connectivity index (χ0) is 26.9. The summed E-state index contributed by atoms with van der Waals surface area (Å²) in [7, 11) is 0. The maximum Gasteiger partial charge on any atom is 0.325 e. The van der Waals surface area contributed by atoms with Crippen LogP contribution >= 0.6 is 0 Å². The molecule has 1 aliphatic rings. The number of benzene rings is 3. The minimum Gasteiger partial charge on any atom is -0.337 e. The number of hydrogen-bond donors (Lipinski definition) is 2. The molecule has 1 aromatic heterocycles. The molecule has 0 unspecified atom stereocenters. The van der Waals surface area contributed by atoms with Gasteiger partial charge in [-0.05, 0) is 72.3 Å². The Morgan fingerprint density at radius 2 is 1.54 bits per heavy atom. The van der Waals surface area contributed by atoms with E-state index in [-0.39, 0.29) is 18.5 Å². The van der Waals surface area contributed by atoms with Gasteiger partial charge in [0.05, 0.1) is 6.61 Å².